The minimum atomic E-state index is 0.584. The van der Waals surface area contributed by atoms with E-state index in [1.54, 1.807) is 0 Å². The summed E-state index contributed by atoms with van der Waals surface area (Å²) in [6.07, 6.45) is 7.46. The van der Waals surface area contributed by atoms with Gasteiger partial charge < -0.3 is 0 Å². The molecule has 5 heterocycles. The summed E-state index contributed by atoms with van der Waals surface area (Å²) in [5.41, 5.74) is 10.3. The molecule has 56 heavy (non-hydrogen) atoms. The zero-order chi connectivity index (χ0) is 37.0. The number of benzene rings is 6. The Morgan fingerprint density at radius 2 is 0.750 bits per heavy atom. The van der Waals surface area contributed by atoms with Crippen molar-refractivity contribution in [3.63, 3.8) is 0 Å². The van der Waals surface area contributed by atoms with Gasteiger partial charge in [-0.05, 0) is 58.3 Å². The smallest absolute Gasteiger partial charge is 0.164 e. The Balaban J connectivity index is 1.04. The van der Waals surface area contributed by atoms with Gasteiger partial charge in [-0.1, -0.05) is 115 Å². The third-order valence-corrected chi connectivity index (χ3v) is 10.4. The molecule has 7 heteroatoms. The van der Waals surface area contributed by atoms with Gasteiger partial charge >= 0.3 is 0 Å². The van der Waals surface area contributed by atoms with Gasteiger partial charge in [0.2, 0.25) is 0 Å². The van der Waals surface area contributed by atoms with Gasteiger partial charge in [0.05, 0.1) is 22.1 Å². The maximum Gasteiger partial charge on any atom is 0.164 e. The van der Waals surface area contributed by atoms with Crippen molar-refractivity contribution in [1.82, 2.24) is 34.9 Å². The minimum Gasteiger partial charge on any atom is -0.254 e. The summed E-state index contributed by atoms with van der Waals surface area (Å²) in [4.78, 5) is 34.4. The summed E-state index contributed by atoms with van der Waals surface area (Å²) in [6.45, 7) is 0. The number of rotatable bonds is 5. The van der Waals surface area contributed by atoms with Gasteiger partial charge in [-0.15, -0.1) is 0 Å². The zero-order valence-electron chi connectivity index (χ0n) is 29.9. The molecule has 5 aromatic heterocycles. The van der Waals surface area contributed by atoms with Gasteiger partial charge in [0, 0.05) is 74.1 Å². The van der Waals surface area contributed by atoms with Crippen LogP contribution in [0.25, 0.3) is 111 Å². The van der Waals surface area contributed by atoms with Crippen LogP contribution in [0, 0.1) is 0 Å². The second-order valence-electron chi connectivity index (χ2n) is 13.9. The summed E-state index contributed by atoms with van der Waals surface area (Å²) in [5, 5.41) is 6.41. The van der Waals surface area contributed by atoms with Crippen LogP contribution >= 0.6 is 0 Å². The molecule has 0 aliphatic heterocycles. The lowest BCUT2D eigenvalue weighted by Gasteiger charge is -2.12. The Labute approximate surface area is 321 Å². The van der Waals surface area contributed by atoms with E-state index < -0.39 is 0 Å². The maximum absolute atomic E-state index is 5.15. The second kappa shape index (κ2) is 13.0. The van der Waals surface area contributed by atoms with Crippen LogP contribution in [0.1, 0.15) is 0 Å². The minimum absolute atomic E-state index is 0.584. The Bertz CT molecular complexity index is 3150. The Hall–Kier alpha value is -7.77. The number of pyridine rings is 4. The van der Waals surface area contributed by atoms with E-state index in [4.69, 9.17) is 24.9 Å². The number of hydrogen-bond acceptors (Lipinski definition) is 7. The number of aromatic nitrogens is 7. The monoisotopic (exact) mass is 715 g/mol. The Kier molecular flexibility index (Phi) is 7.35. The normalized spacial score (nSPS) is 11.6. The first-order valence-electron chi connectivity index (χ1n) is 18.4. The van der Waals surface area contributed by atoms with Crippen LogP contribution in [0.4, 0.5) is 0 Å². The first-order chi connectivity index (χ1) is 27.7. The fraction of sp³-hybridized carbons (Fsp3) is 0. The summed E-state index contributed by atoms with van der Waals surface area (Å²) in [6, 6.07) is 52.0. The highest BCUT2D eigenvalue weighted by atomic mass is 15.0. The summed E-state index contributed by atoms with van der Waals surface area (Å²) in [5.74, 6) is 1.78. The summed E-state index contributed by atoms with van der Waals surface area (Å²) < 4.78 is 0. The van der Waals surface area contributed by atoms with Crippen molar-refractivity contribution < 1.29 is 0 Å². The summed E-state index contributed by atoms with van der Waals surface area (Å²) >= 11 is 0. The zero-order valence-corrected chi connectivity index (χ0v) is 29.9. The molecule has 0 saturated heterocycles. The van der Waals surface area contributed by atoms with Gasteiger partial charge in [0.15, 0.2) is 17.5 Å². The predicted molar refractivity (Wildman–Crippen MR) is 226 cm³/mol. The van der Waals surface area contributed by atoms with Crippen molar-refractivity contribution in [3.8, 4) is 56.4 Å². The van der Waals surface area contributed by atoms with E-state index in [1.165, 1.54) is 0 Å². The molecule has 11 rings (SSSR count). The van der Waals surface area contributed by atoms with Crippen LogP contribution in [0.2, 0.25) is 0 Å². The maximum atomic E-state index is 5.15. The topological polar surface area (TPSA) is 90.2 Å². The van der Waals surface area contributed by atoms with Crippen molar-refractivity contribution >= 4 is 54.4 Å². The molecule has 0 spiro atoms. The molecule has 260 valence electrons. The van der Waals surface area contributed by atoms with Gasteiger partial charge in [-0.2, -0.15) is 0 Å². The molecule has 7 nitrogen and oxygen atoms in total. The van der Waals surface area contributed by atoms with Gasteiger partial charge in [0.25, 0.3) is 0 Å². The van der Waals surface area contributed by atoms with Gasteiger partial charge in [-0.25, -0.2) is 15.0 Å². The molecule has 0 bridgehead atoms. The Morgan fingerprint density at radius 3 is 1.36 bits per heavy atom. The molecule has 0 saturated carbocycles. The molecule has 11 aromatic rings. The highest BCUT2D eigenvalue weighted by molar-refractivity contribution is 6.04. The third-order valence-electron chi connectivity index (χ3n) is 10.4. The van der Waals surface area contributed by atoms with Crippen molar-refractivity contribution in [2.24, 2.45) is 0 Å². The lowest BCUT2D eigenvalue weighted by atomic mass is 10.0. The van der Waals surface area contributed by atoms with Crippen LogP contribution < -0.4 is 0 Å². The molecule has 0 amide bonds. The largest absolute Gasteiger partial charge is 0.254 e. The second-order valence-corrected chi connectivity index (χ2v) is 13.9. The number of hydrogen-bond donors (Lipinski definition) is 0. The molecular formula is C49H29N7. The molecule has 0 radical (unpaired) electrons. The SMILES string of the molecule is c1cc(-c2cnc3c(ccc4cccnc43)c2)cc(-c2nc(-c3cccc(-c4cnc5c(ccc6cccnc65)c4)c3)nc(-c3cccc4ccccc34)n2)c1. The molecule has 6 aromatic carbocycles. The highest BCUT2D eigenvalue weighted by Crippen LogP contribution is 2.34. The molecule has 0 N–H and O–H groups in total. The van der Waals surface area contributed by atoms with Gasteiger partial charge in [-0.3, -0.25) is 19.9 Å². The van der Waals surface area contributed by atoms with Crippen LogP contribution in [-0.2, 0) is 0 Å². The fourth-order valence-electron chi connectivity index (χ4n) is 7.64. The van der Waals surface area contributed by atoms with Crippen molar-refractivity contribution in [2.75, 3.05) is 0 Å². The van der Waals surface area contributed by atoms with E-state index in [1.807, 2.05) is 49.1 Å². The van der Waals surface area contributed by atoms with E-state index in [2.05, 4.69) is 137 Å². The van der Waals surface area contributed by atoms with E-state index in [9.17, 15) is 0 Å². The number of nitrogens with zero attached hydrogens (tertiary/aromatic N) is 7. The molecule has 0 unspecified atom stereocenters. The van der Waals surface area contributed by atoms with E-state index in [0.29, 0.717) is 17.5 Å². The van der Waals surface area contributed by atoms with Crippen molar-refractivity contribution in [3.05, 3.63) is 176 Å². The van der Waals surface area contributed by atoms with E-state index in [0.717, 1.165) is 93.3 Å². The van der Waals surface area contributed by atoms with Crippen LogP contribution in [0.15, 0.2) is 176 Å². The predicted octanol–water partition coefficient (Wildman–Crippen LogP) is 11.6. The lowest BCUT2D eigenvalue weighted by Crippen LogP contribution is -2.01. The first kappa shape index (κ1) is 31.7. The fourth-order valence-corrected chi connectivity index (χ4v) is 7.64. The van der Waals surface area contributed by atoms with Crippen LogP contribution in [0.5, 0.6) is 0 Å². The van der Waals surface area contributed by atoms with E-state index >= 15 is 0 Å². The first-order valence-corrected chi connectivity index (χ1v) is 18.4. The van der Waals surface area contributed by atoms with Crippen LogP contribution in [-0.4, -0.2) is 34.9 Å². The van der Waals surface area contributed by atoms with Crippen molar-refractivity contribution in [2.45, 2.75) is 0 Å². The number of fused-ring (bicyclic) bond motifs is 7. The van der Waals surface area contributed by atoms with Crippen molar-refractivity contribution in [1.29, 1.82) is 0 Å². The quantitative estimate of drug-likeness (QED) is 0.164. The average molecular weight is 716 g/mol. The Morgan fingerprint density at radius 1 is 0.286 bits per heavy atom. The molecule has 0 atom stereocenters. The van der Waals surface area contributed by atoms with Crippen LogP contribution in [0.3, 0.4) is 0 Å². The standard InChI is InChI=1S/C49H29N7/c1-2-16-41-30(8-1)9-5-17-42(41)49-55-47(37-12-3-10-33(24-37)39-26-35-20-18-31-14-6-22-50-43(31)45(35)52-28-39)54-48(56-49)38-13-4-11-34(25-38)40-27-36-21-19-32-15-7-23-51-44(32)46(36)53-29-40/h1-29H. The average Bonchev–Trinajstić information content (AvgIpc) is 3.28. The lowest BCUT2D eigenvalue weighted by molar-refractivity contribution is 1.08. The highest BCUT2D eigenvalue weighted by Gasteiger charge is 2.16. The summed E-state index contributed by atoms with van der Waals surface area (Å²) in [7, 11) is 0. The van der Waals surface area contributed by atoms with Gasteiger partial charge in [0.1, 0.15) is 0 Å². The third kappa shape index (κ3) is 5.49. The molecule has 0 fully saturated rings. The molecular weight excluding hydrogens is 687 g/mol. The molecule has 0 aliphatic rings. The van der Waals surface area contributed by atoms with E-state index in [-0.39, 0.29) is 0 Å². The molecule has 0 aliphatic carbocycles.